The molecule has 1 unspecified atom stereocenters. The second-order valence-corrected chi connectivity index (χ2v) is 10.1. The van der Waals surface area contributed by atoms with Crippen LogP contribution in [0.5, 0.6) is 5.75 Å². The number of H-pyrrole nitrogens is 2. The van der Waals surface area contributed by atoms with Gasteiger partial charge in [-0.2, -0.15) is 10.4 Å². The molecule has 0 spiro atoms. The van der Waals surface area contributed by atoms with E-state index in [9.17, 15) is 14.3 Å². The largest absolute Gasteiger partial charge is 0.505 e. The van der Waals surface area contributed by atoms with Crippen LogP contribution >= 0.6 is 0 Å². The number of phenols is 1. The number of hydrogen-bond donors (Lipinski definition) is 3. The van der Waals surface area contributed by atoms with Gasteiger partial charge in [-0.15, -0.1) is 0 Å². The maximum absolute atomic E-state index is 14.4. The third-order valence-electron chi connectivity index (χ3n) is 8.14. The van der Waals surface area contributed by atoms with Gasteiger partial charge in [0, 0.05) is 10.9 Å². The summed E-state index contributed by atoms with van der Waals surface area (Å²) >= 11 is 0. The Kier molecular flexibility index (Phi) is 4.19. The summed E-state index contributed by atoms with van der Waals surface area (Å²) in [6.45, 7) is 5.22. The molecule has 3 N–H and O–H groups in total. The molecule has 7 rings (SSSR count). The number of carbonyl (C=O) groups excluding carboxylic acids is 1. The van der Waals surface area contributed by atoms with Crippen LogP contribution in [-0.2, 0) is 17.9 Å². The maximum Gasteiger partial charge on any atom is 0.237 e. The molecular weight excluding hydrogens is 461 g/mol. The van der Waals surface area contributed by atoms with Gasteiger partial charge in [-0.05, 0) is 42.3 Å². The zero-order valence-corrected chi connectivity index (χ0v) is 19.5. The number of benzene rings is 2. The summed E-state index contributed by atoms with van der Waals surface area (Å²) in [4.78, 5) is 21.6. The van der Waals surface area contributed by atoms with Crippen molar-refractivity contribution in [3.8, 4) is 34.5 Å². The number of imidazole rings is 1. The molecule has 9 nitrogen and oxygen atoms in total. The van der Waals surface area contributed by atoms with Crippen molar-refractivity contribution < 1.29 is 18.8 Å². The van der Waals surface area contributed by atoms with Crippen LogP contribution in [0.2, 0.25) is 0 Å². The number of quaternary nitrogens is 1. The number of carbonyl (C=O) groups is 1. The topological polar surface area (TPSA) is 122 Å². The molecular formula is C26H23FN7O2+. The van der Waals surface area contributed by atoms with Gasteiger partial charge < -0.3 is 15.0 Å². The summed E-state index contributed by atoms with van der Waals surface area (Å²) in [5.74, 6) is -0.546. The highest BCUT2D eigenvalue weighted by Gasteiger charge is 2.76. The number of nitrogens with one attached hydrogen (secondary N) is 2. The van der Waals surface area contributed by atoms with Crippen LogP contribution in [0, 0.1) is 17.1 Å². The van der Waals surface area contributed by atoms with Gasteiger partial charge in [-0.25, -0.2) is 9.37 Å². The smallest absolute Gasteiger partial charge is 0.237 e. The Morgan fingerprint density at radius 2 is 2.14 bits per heavy atom. The number of amides is 1. The number of nitriles is 1. The van der Waals surface area contributed by atoms with Crippen molar-refractivity contribution in [3.63, 3.8) is 0 Å². The molecule has 5 heterocycles. The molecule has 2 aromatic carbocycles. The predicted molar refractivity (Wildman–Crippen MR) is 127 cm³/mol. The second-order valence-electron chi connectivity index (χ2n) is 10.1. The number of aromatic nitrogens is 4. The molecule has 0 radical (unpaired) electrons. The molecule has 0 aliphatic carbocycles. The van der Waals surface area contributed by atoms with Gasteiger partial charge >= 0.3 is 0 Å². The number of aromatic amines is 2. The van der Waals surface area contributed by atoms with Crippen LogP contribution in [0.25, 0.3) is 33.5 Å². The van der Waals surface area contributed by atoms with Gasteiger partial charge in [-0.1, -0.05) is 6.07 Å². The molecule has 3 aliphatic rings. The Balaban J connectivity index is 1.22. The number of aromatic hydroxyl groups is 1. The van der Waals surface area contributed by atoms with E-state index in [2.05, 4.69) is 27.1 Å². The van der Waals surface area contributed by atoms with Crippen molar-refractivity contribution in [2.45, 2.75) is 38.5 Å². The van der Waals surface area contributed by atoms with E-state index < -0.39 is 5.82 Å². The quantitative estimate of drug-likeness (QED) is 0.296. The first-order chi connectivity index (χ1) is 17.4. The summed E-state index contributed by atoms with van der Waals surface area (Å²) in [6, 6.07) is 11.6. The minimum Gasteiger partial charge on any atom is -0.505 e. The lowest BCUT2D eigenvalue weighted by Crippen LogP contribution is -2.25. The molecule has 10 heteroatoms. The van der Waals surface area contributed by atoms with Crippen LogP contribution in [-0.4, -0.2) is 59.7 Å². The van der Waals surface area contributed by atoms with E-state index in [0.717, 1.165) is 56.6 Å². The van der Waals surface area contributed by atoms with Gasteiger partial charge in [0.1, 0.15) is 31.2 Å². The summed E-state index contributed by atoms with van der Waals surface area (Å²) < 4.78 is 15.5. The van der Waals surface area contributed by atoms with Crippen LogP contribution in [0.1, 0.15) is 36.3 Å². The van der Waals surface area contributed by atoms with Crippen molar-refractivity contribution in [2.24, 2.45) is 0 Å². The molecule has 2 saturated heterocycles. The van der Waals surface area contributed by atoms with E-state index >= 15 is 0 Å². The lowest BCUT2D eigenvalue weighted by Gasteiger charge is -2.20. The third kappa shape index (κ3) is 2.99. The Morgan fingerprint density at radius 1 is 1.33 bits per heavy atom. The van der Waals surface area contributed by atoms with Crippen LogP contribution in [0.15, 0.2) is 30.3 Å². The maximum atomic E-state index is 14.4. The van der Waals surface area contributed by atoms with E-state index in [1.54, 1.807) is 11.0 Å². The highest BCUT2D eigenvalue weighted by atomic mass is 19.1. The fourth-order valence-corrected chi connectivity index (χ4v) is 5.69. The molecule has 2 fully saturated rings. The Morgan fingerprint density at radius 3 is 2.86 bits per heavy atom. The predicted octanol–water partition coefficient (Wildman–Crippen LogP) is 3.49. The van der Waals surface area contributed by atoms with Crippen molar-refractivity contribution in [1.82, 2.24) is 25.1 Å². The van der Waals surface area contributed by atoms with E-state index in [1.165, 1.54) is 6.07 Å². The first-order valence-electron chi connectivity index (χ1n) is 12.0. The summed E-state index contributed by atoms with van der Waals surface area (Å²) in [6.07, 6.45) is -0.143. The fourth-order valence-electron chi connectivity index (χ4n) is 5.69. The molecule has 36 heavy (non-hydrogen) atoms. The highest BCUT2D eigenvalue weighted by Crippen LogP contribution is 2.57. The van der Waals surface area contributed by atoms with Gasteiger partial charge in [0.05, 0.1) is 36.1 Å². The van der Waals surface area contributed by atoms with Crippen molar-refractivity contribution in [2.75, 3.05) is 13.1 Å². The number of hydrogen-bond acceptors (Lipinski definition) is 5. The fraction of sp³-hybridized carbons (Fsp3) is 0.308. The van der Waals surface area contributed by atoms with Gasteiger partial charge in [0.15, 0.2) is 23.4 Å². The van der Waals surface area contributed by atoms with Gasteiger partial charge in [-0.3, -0.25) is 14.4 Å². The Bertz CT molecular complexity index is 1600. The number of halogens is 1. The monoisotopic (exact) mass is 484 g/mol. The number of rotatable bonds is 5. The summed E-state index contributed by atoms with van der Waals surface area (Å²) in [7, 11) is 0. The Hall–Kier alpha value is -4.23. The minimum atomic E-state index is -0.633. The van der Waals surface area contributed by atoms with Crippen molar-refractivity contribution in [3.05, 3.63) is 53.1 Å². The van der Waals surface area contributed by atoms with E-state index in [1.807, 2.05) is 24.3 Å². The SMILES string of the molecule is CC(c1cc(O)c(F)cc1-c1ccc2c(-c3nc4c([nH]3)CN(C(=O)CC#N)C4)n[nH]c2c1)[N+]12CC1C2. The van der Waals surface area contributed by atoms with Gasteiger partial charge in [0.25, 0.3) is 0 Å². The molecule has 1 atom stereocenters. The van der Waals surface area contributed by atoms with Crippen LogP contribution < -0.4 is 0 Å². The van der Waals surface area contributed by atoms with E-state index in [-0.39, 0.29) is 24.1 Å². The van der Waals surface area contributed by atoms with E-state index in [0.29, 0.717) is 30.6 Å². The molecule has 0 bridgehead atoms. The lowest BCUT2D eigenvalue weighted by molar-refractivity contribution is -0.738. The summed E-state index contributed by atoms with van der Waals surface area (Å²) in [5, 5.41) is 27.3. The molecule has 2 aromatic heterocycles. The zero-order chi connectivity index (χ0) is 24.8. The van der Waals surface area contributed by atoms with Gasteiger partial charge in [0.2, 0.25) is 5.91 Å². The van der Waals surface area contributed by atoms with Crippen LogP contribution in [0.3, 0.4) is 0 Å². The van der Waals surface area contributed by atoms with Crippen LogP contribution in [0.4, 0.5) is 4.39 Å². The standard InChI is InChI=1S/C26H22FN7O2/c1-13(34-11-15(34)12-34)17-8-23(35)19(27)7-18(17)14-2-3-16-20(6-14)31-32-25(16)26-29-21-9-33(10-22(21)30-26)24(36)4-5-28/h2-3,6-8,13,15H,4,9-12H2,1H3,(H2-,29,30,31,32,35)/p+1. The number of nitrogens with zero attached hydrogens (tertiary/aromatic N) is 5. The average molecular weight is 485 g/mol. The second kappa shape index (κ2) is 7.15. The Labute approximate surface area is 205 Å². The van der Waals surface area contributed by atoms with Crippen molar-refractivity contribution in [1.29, 1.82) is 5.26 Å². The average Bonchev–Trinajstić information content (AvgIpc) is 3.50. The third-order valence-corrected chi connectivity index (χ3v) is 8.14. The first kappa shape index (κ1) is 21.1. The normalized spacial score (nSPS) is 22.2. The molecule has 180 valence electrons. The summed E-state index contributed by atoms with van der Waals surface area (Å²) in [5.41, 5.74) is 5.66. The zero-order valence-electron chi connectivity index (χ0n) is 19.5. The molecule has 0 saturated carbocycles. The molecule has 3 aliphatic heterocycles. The first-order valence-corrected chi connectivity index (χ1v) is 12.0. The van der Waals surface area contributed by atoms with E-state index in [4.69, 9.17) is 5.26 Å². The number of phenolic OH excluding ortho intramolecular Hbond substituents is 1. The molecule has 1 amide bonds. The minimum absolute atomic E-state index is 0.143. The highest BCUT2D eigenvalue weighted by molar-refractivity contribution is 5.94. The lowest BCUT2D eigenvalue weighted by atomic mass is 9.93. The number of fused-ring (bicyclic) bond motifs is 3. The van der Waals surface area contributed by atoms with Crippen molar-refractivity contribution >= 4 is 16.8 Å². The molecule has 4 aromatic rings.